The highest BCUT2D eigenvalue weighted by atomic mass is 19.1. The Labute approximate surface area is 205 Å². The topological polar surface area (TPSA) is 104 Å². The van der Waals surface area contributed by atoms with Crippen LogP contribution in [0.2, 0.25) is 0 Å². The molecule has 0 atom stereocenters. The highest BCUT2D eigenvalue weighted by Crippen LogP contribution is 2.33. The molecule has 1 aliphatic rings. The minimum absolute atomic E-state index is 0.186. The Morgan fingerprint density at radius 2 is 1.69 bits per heavy atom. The predicted octanol–water partition coefficient (Wildman–Crippen LogP) is 4.21. The number of nitrogens with zero attached hydrogens (tertiary/aromatic N) is 3. The largest absolute Gasteiger partial charge is 0.454 e. The molecule has 0 aliphatic carbocycles. The molecule has 0 saturated carbocycles. The van der Waals surface area contributed by atoms with E-state index in [1.54, 1.807) is 16.7 Å². The molecule has 5 aromatic rings. The van der Waals surface area contributed by atoms with Gasteiger partial charge in [-0.15, -0.1) is 0 Å². The lowest BCUT2D eigenvalue weighted by atomic mass is 10.1. The summed E-state index contributed by atoms with van der Waals surface area (Å²) in [5.41, 5.74) is 11.0. The fraction of sp³-hybridized carbons (Fsp3) is 0.148. The van der Waals surface area contributed by atoms with Crippen LogP contribution in [0.1, 0.15) is 21.5 Å². The number of anilines is 1. The van der Waals surface area contributed by atoms with Crippen molar-refractivity contribution in [3.8, 4) is 11.5 Å². The third-order valence-corrected chi connectivity index (χ3v) is 6.25. The van der Waals surface area contributed by atoms with E-state index in [0.29, 0.717) is 46.7 Å². The average Bonchev–Trinajstić information content (AvgIpc) is 3.47. The van der Waals surface area contributed by atoms with Gasteiger partial charge in [-0.05, 0) is 53.9 Å². The van der Waals surface area contributed by atoms with Gasteiger partial charge in [0.2, 0.25) is 6.79 Å². The molecule has 8 nitrogen and oxygen atoms in total. The van der Waals surface area contributed by atoms with Crippen LogP contribution in [-0.4, -0.2) is 27.2 Å². The van der Waals surface area contributed by atoms with Gasteiger partial charge < -0.3 is 25.1 Å². The maximum atomic E-state index is 13.4. The second kappa shape index (κ2) is 8.84. The van der Waals surface area contributed by atoms with E-state index in [-0.39, 0.29) is 36.4 Å². The van der Waals surface area contributed by atoms with Gasteiger partial charge in [0.15, 0.2) is 17.1 Å². The number of nitrogens with one attached hydrogen (secondary N) is 1. The quantitative estimate of drug-likeness (QED) is 0.375. The summed E-state index contributed by atoms with van der Waals surface area (Å²) in [6, 6.07) is 19.3. The van der Waals surface area contributed by atoms with Crippen LogP contribution in [0.3, 0.4) is 0 Å². The van der Waals surface area contributed by atoms with Crippen molar-refractivity contribution in [3.63, 3.8) is 0 Å². The Morgan fingerprint density at radius 3 is 2.50 bits per heavy atom. The number of rotatable bonds is 6. The molecule has 0 saturated heterocycles. The van der Waals surface area contributed by atoms with E-state index in [0.717, 1.165) is 11.1 Å². The third-order valence-electron chi connectivity index (χ3n) is 6.25. The van der Waals surface area contributed by atoms with E-state index in [2.05, 4.69) is 5.32 Å². The number of halogens is 1. The molecule has 3 N–H and O–H groups in total. The summed E-state index contributed by atoms with van der Waals surface area (Å²) in [5.74, 6) is 0.978. The summed E-state index contributed by atoms with van der Waals surface area (Å²) in [7, 11) is 0. The van der Waals surface area contributed by atoms with Gasteiger partial charge in [0.05, 0.1) is 11.0 Å². The Kier molecular flexibility index (Phi) is 5.37. The Morgan fingerprint density at radius 1 is 0.972 bits per heavy atom. The fourth-order valence-corrected chi connectivity index (χ4v) is 4.38. The molecule has 2 aromatic heterocycles. The first-order valence-corrected chi connectivity index (χ1v) is 11.5. The van der Waals surface area contributed by atoms with Crippen molar-refractivity contribution in [1.29, 1.82) is 0 Å². The summed E-state index contributed by atoms with van der Waals surface area (Å²) in [6.45, 7) is 0.917. The Hall–Kier alpha value is -4.66. The van der Waals surface area contributed by atoms with Crippen molar-refractivity contribution in [3.05, 3.63) is 89.2 Å². The first-order valence-electron chi connectivity index (χ1n) is 11.5. The fourth-order valence-electron chi connectivity index (χ4n) is 4.38. The van der Waals surface area contributed by atoms with Crippen LogP contribution in [-0.2, 0) is 19.5 Å². The van der Waals surface area contributed by atoms with Crippen LogP contribution in [0.25, 0.3) is 22.2 Å². The SMILES string of the molecule is Nc1c(C(=O)NCc2ccc3c(c2)OCO3)c2nc3ccccc3nc2n1CCc1ccc(F)cc1. The first kappa shape index (κ1) is 21.8. The number of carbonyl (C=O) groups excluding carboxylic acids is 1. The minimum Gasteiger partial charge on any atom is -0.454 e. The van der Waals surface area contributed by atoms with E-state index in [1.165, 1.54) is 12.1 Å². The van der Waals surface area contributed by atoms with Crippen LogP contribution in [0.4, 0.5) is 10.2 Å². The van der Waals surface area contributed by atoms with Gasteiger partial charge in [0, 0.05) is 13.1 Å². The second-order valence-electron chi connectivity index (χ2n) is 8.54. The molecule has 3 heterocycles. The number of aromatic nitrogens is 3. The van der Waals surface area contributed by atoms with E-state index >= 15 is 0 Å². The molecule has 0 fully saturated rings. The van der Waals surface area contributed by atoms with E-state index < -0.39 is 0 Å². The summed E-state index contributed by atoms with van der Waals surface area (Å²) < 4.78 is 25.9. The van der Waals surface area contributed by atoms with Crippen LogP contribution < -0.4 is 20.5 Å². The lowest BCUT2D eigenvalue weighted by molar-refractivity contribution is 0.0953. The molecule has 9 heteroatoms. The zero-order valence-electron chi connectivity index (χ0n) is 19.2. The number of carbonyl (C=O) groups is 1. The molecule has 1 amide bonds. The standard InChI is InChI=1S/C27H22FN5O3/c28-18-8-5-16(6-9-18)11-12-33-25(29)23(24-26(33)32-20-4-2-1-3-19(20)31-24)27(34)30-14-17-7-10-21-22(13-17)36-15-35-21/h1-10,13H,11-12,14-15,29H2,(H,30,34). The lowest BCUT2D eigenvalue weighted by Gasteiger charge is -2.09. The molecule has 36 heavy (non-hydrogen) atoms. The summed E-state index contributed by atoms with van der Waals surface area (Å²) in [4.78, 5) is 22.9. The number of nitrogens with two attached hydrogens (primary N) is 1. The number of ether oxygens (including phenoxy) is 2. The van der Waals surface area contributed by atoms with E-state index in [9.17, 15) is 9.18 Å². The maximum absolute atomic E-state index is 13.4. The molecule has 0 bridgehead atoms. The van der Waals surface area contributed by atoms with E-state index in [1.807, 2.05) is 42.5 Å². The third kappa shape index (κ3) is 3.94. The lowest BCUT2D eigenvalue weighted by Crippen LogP contribution is -2.24. The zero-order chi connectivity index (χ0) is 24.6. The van der Waals surface area contributed by atoms with Gasteiger partial charge in [-0.2, -0.15) is 0 Å². The van der Waals surface area contributed by atoms with Crippen molar-refractivity contribution < 1.29 is 18.7 Å². The molecule has 3 aromatic carbocycles. The number of hydrogen-bond donors (Lipinski definition) is 2. The van der Waals surface area contributed by atoms with Crippen LogP contribution in [0.5, 0.6) is 11.5 Å². The number of para-hydroxylation sites is 2. The van der Waals surface area contributed by atoms with Gasteiger partial charge in [-0.3, -0.25) is 4.79 Å². The second-order valence-corrected chi connectivity index (χ2v) is 8.54. The number of aryl methyl sites for hydroxylation is 2. The van der Waals surface area contributed by atoms with Gasteiger partial charge in [0.1, 0.15) is 22.7 Å². The van der Waals surface area contributed by atoms with E-state index in [4.69, 9.17) is 25.2 Å². The summed E-state index contributed by atoms with van der Waals surface area (Å²) >= 11 is 0. The molecule has 180 valence electrons. The molecule has 1 aliphatic heterocycles. The van der Waals surface area contributed by atoms with Gasteiger partial charge in [-0.1, -0.05) is 30.3 Å². The Balaban J connectivity index is 1.34. The normalized spacial score (nSPS) is 12.4. The number of amides is 1. The van der Waals surface area contributed by atoms with Gasteiger partial charge in [-0.25, -0.2) is 14.4 Å². The summed E-state index contributed by atoms with van der Waals surface area (Å²) in [5, 5.41) is 2.94. The smallest absolute Gasteiger partial charge is 0.257 e. The maximum Gasteiger partial charge on any atom is 0.257 e. The minimum atomic E-state index is -0.347. The number of benzene rings is 3. The van der Waals surface area contributed by atoms with Crippen molar-refractivity contribution >= 4 is 33.9 Å². The van der Waals surface area contributed by atoms with Crippen LogP contribution in [0, 0.1) is 5.82 Å². The van der Waals surface area contributed by atoms with Crippen LogP contribution in [0.15, 0.2) is 66.7 Å². The highest BCUT2D eigenvalue weighted by molar-refractivity contribution is 6.10. The van der Waals surface area contributed by atoms with Crippen molar-refractivity contribution in [1.82, 2.24) is 19.9 Å². The predicted molar refractivity (Wildman–Crippen MR) is 133 cm³/mol. The molecule has 0 radical (unpaired) electrons. The van der Waals surface area contributed by atoms with Crippen molar-refractivity contribution in [2.24, 2.45) is 0 Å². The van der Waals surface area contributed by atoms with Crippen molar-refractivity contribution in [2.45, 2.75) is 19.5 Å². The first-order chi connectivity index (χ1) is 17.6. The number of fused-ring (bicyclic) bond motifs is 3. The summed E-state index contributed by atoms with van der Waals surface area (Å²) in [6.07, 6.45) is 0.584. The highest BCUT2D eigenvalue weighted by Gasteiger charge is 2.24. The molecule has 0 unspecified atom stereocenters. The monoisotopic (exact) mass is 483 g/mol. The molecule has 0 spiro atoms. The molecular weight excluding hydrogens is 461 g/mol. The Bertz CT molecular complexity index is 1610. The number of hydrogen-bond acceptors (Lipinski definition) is 6. The number of nitrogen functional groups attached to an aromatic ring is 1. The average molecular weight is 484 g/mol. The van der Waals surface area contributed by atoms with Crippen LogP contribution >= 0.6 is 0 Å². The zero-order valence-corrected chi connectivity index (χ0v) is 19.2. The molecule has 6 rings (SSSR count). The van der Waals surface area contributed by atoms with Gasteiger partial charge in [0.25, 0.3) is 5.91 Å². The molecular formula is C27H22FN5O3. The van der Waals surface area contributed by atoms with Gasteiger partial charge >= 0.3 is 0 Å². The van der Waals surface area contributed by atoms with Crippen molar-refractivity contribution in [2.75, 3.05) is 12.5 Å².